The Balaban J connectivity index is 1.73. The van der Waals surface area contributed by atoms with E-state index in [2.05, 4.69) is 25.4 Å². The molecule has 10 heteroatoms. The summed E-state index contributed by atoms with van der Waals surface area (Å²) in [5, 5.41) is 10.8. The van der Waals surface area contributed by atoms with E-state index >= 15 is 0 Å². The van der Waals surface area contributed by atoms with E-state index in [9.17, 15) is 0 Å². The fourth-order valence-electron chi connectivity index (χ4n) is 2.33. The number of aromatic nitrogens is 5. The number of nitrogens with one attached hydrogen (secondary N) is 1. The van der Waals surface area contributed by atoms with Crippen molar-refractivity contribution in [1.29, 1.82) is 0 Å². The van der Waals surface area contributed by atoms with Crippen molar-refractivity contribution >= 4 is 62.9 Å². The van der Waals surface area contributed by atoms with E-state index in [1.807, 2.05) is 18.4 Å². The maximum absolute atomic E-state index is 6.30. The largest absolute Gasteiger partial charge is 0.307 e. The van der Waals surface area contributed by atoms with Crippen LogP contribution in [0.5, 0.6) is 0 Å². The van der Waals surface area contributed by atoms with Gasteiger partial charge in [0.25, 0.3) is 0 Å². The predicted molar refractivity (Wildman–Crippen MR) is 101 cm³/mol. The first-order chi connectivity index (χ1) is 12.0. The lowest BCUT2D eigenvalue weighted by atomic mass is 10.2. The van der Waals surface area contributed by atoms with Crippen LogP contribution in [0.2, 0.25) is 15.3 Å². The van der Waals surface area contributed by atoms with E-state index < -0.39 is 0 Å². The Kier molecular flexibility index (Phi) is 4.24. The van der Waals surface area contributed by atoms with Gasteiger partial charge in [-0.3, -0.25) is 0 Å². The summed E-state index contributed by atoms with van der Waals surface area (Å²) in [6.07, 6.45) is 0. The van der Waals surface area contributed by atoms with Crippen LogP contribution in [-0.4, -0.2) is 24.6 Å². The zero-order valence-corrected chi connectivity index (χ0v) is 15.7. The number of hydrogen-bond acceptors (Lipinski definition) is 6. The smallest absolute Gasteiger partial charge is 0.249 e. The van der Waals surface area contributed by atoms with Crippen LogP contribution in [0.4, 0.5) is 11.8 Å². The topological polar surface area (TPSA) is 68.0 Å². The molecule has 0 spiro atoms. The fraction of sp³-hybridized carbons (Fsp3) is 0.0667. The number of rotatable bonds is 3. The molecule has 0 fully saturated rings. The summed E-state index contributed by atoms with van der Waals surface area (Å²) < 4.78 is 1.72. The fourth-order valence-corrected chi connectivity index (χ4v) is 3.88. The van der Waals surface area contributed by atoms with Gasteiger partial charge in [0.15, 0.2) is 0 Å². The predicted octanol–water partition coefficient (Wildman–Crippen LogP) is 5.26. The summed E-state index contributed by atoms with van der Waals surface area (Å²) in [5.41, 5.74) is 2.41. The molecule has 3 heterocycles. The lowest BCUT2D eigenvalue weighted by Gasteiger charge is -2.03. The number of thiazole rings is 1. The summed E-state index contributed by atoms with van der Waals surface area (Å²) in [6.45, 7) is 1.83. The van der Waals surface area contributed by atoms with Crippen LogP contribution in [0.3, 0.4) is 0 Å². The minimum absolute atomic E-state index is 0.164. The van der Waals surface area contributed by atoms with Crippen molar-refractivity contribution in [3.05, 3.63) is 50.7 Å². The molecule has 1 aromatic carbocycles. The molecule has 1 N–H and O–H groups in total. The van der Waals surface area contributed by atoms with Crippen LogP contribution >= 0.6 is 46.1 Å². The van der Waals surface area contributed by atoms with Gasteiger partial charge in [-0.2, -0.15) is 4.98 Å². The maximum atomic E-state index is 6.30. The molecular weight excluding hydrogens is 403 g/mol. The molecule has 0 aliphatic rings. The summed E-state index contributed by atoms with van der Waals surface area (Å²) in [5.74, 6) is 0.939. The number of nitrogens with zero attached hydrogens (tertiary/aromatic N) is 5. The Bertz CT molecular complexity index is 1070. The summed E-state index contributed by atoms with van der Waals surface area (Å²) >= 11 is 19.6. The quantitative estimate of drug-likeness (QED) is 0.466. The first kappa shape index (κ1) is 16.5. The maximum Gasteiger partial charge on any atom is 0.249 e. The summed E-state index contributed by atoms with van der Waals surface area (Å²) in [6, 6.07) is 7.10. The molecule has 0 bridgehead atoms. The lowest BCUT2D eigenvalue weighted by Crippen LogP contribution is -1.99. The molecular formula is C15H9Cl3N6S. The molecule has 0 aliphatic heterocycles. The highest BCUT2D eigenvalue weighted by molar-refractivity contribution is 7.15. The van der Waals surface area contributed by atoms with Gasteiger partial charge in [-0.15, -0.1) is 16.4 Å². The normalized spacial score (nSPS) is 11.2. The van der Waals surface area contributed by atoms with Crippen LogP contribution in [0.1, 0.15) is 5.69 Å². The Hall–Kier alpha value is -1.93. The molecule has 4 rings (SSSR count). The molecule has 0 unspecified atom stereocenters. The van der Waals surface area contributed by atoms with Crippen molar-refractivity contribution in [2.24, 2.45) is 0 Å². The highest BCUT2D eigenvalue weighted by Gasteiger charge is 2.14. The van der Waals surface area contributed by atoms with Crippen molar-refractivity contribution in [3.8, 4) is 11.3 Å². The number of halogens is 3. The third-order valence-electron chi connectivity index (χ3n) is 3.36. The summed E-state index contributed by atoms with van der Waals surface area (Å²) in [7, 11) is 0. The monoisotopic (exact) mass is 410 g/mol. The van der Waals surface area contributed by atoms with Crippen molar-refractivity contribution in [1.82, 2.24) is 24.6 Å². The van der Waals surface area contributed by atoms with Crippen molar-refractivity contribution < 1.29 is 0 Å². The van der Waals surface area contributed by atoms with Gasteiger partial charge in [0.1, 0.15) is 5.82 Å². The van der Waals surface area contributed by atoms with Gasteiger partial charge >= 0.3 is 0 Å². The Morgan fingerprint density at radius 2 is 1.92 bits per heavy atom. The highest BCUT2D eigenvalue weighted by atomic mass is 35.5. The lowest BCUT2D eigenvalue weighted by molar-refractivity contribution is 0.985. The zero-order chi connectivity index (χ0) is 17.6. The van der Waals surface area contributed by atoms with E-state index in [0.717, 1.165) is 21.9 Å². The van der Waals surface area contributed by atoms with Gasteiger partial charge in [-0.25, -0.2) is 14.5 Å². The van der Waals surface area contributed by atoms with Crippen LogP contribution < -0.4 is 5.32 Å². The second-order valence-electron chi connectivity index (χ2n) is 5.16. The standard InChI is InChI=1S/C15H9Cl3N6S/c1-7-4-12(20-13(18)19-7)21-14-22-15-24(23-14)11(6-25-15)9-3-2-8(16)5-10(9)17/h2-6H,1H3,(H,19,20,21,23). The number of fused-ring (bicyclic) bond motifs is 1. The molecule has 0 aliphatic carbocycles. The van der Waals surface area contributed by atoms with Gasteiger partial charge in [-0.1, -0.05) is 23.2 Å². The van der Waals surface area contributed by atoms with Gasteiger partial charge in [0.05, 0.1) is 10.7 Å². The molecule has 4 aromatic rings. The number of hydrogen-bond donors (Lipinski definition) is 1. The Labute approximate surface area is 161 Å². The van der Waals surface area contributed by atoms with Gasteiger partial charge in [-0.05, 0) is 36.7 Å². The van der Waals surface area contributed by atoms with Crippen molar-refractivity contribution in [3.63, 3.8) is 0 Å². The van der Waals surface area contributed by atoms with E-state index in [1.165, 1.54) is 11.3 Å². The van der Waals surface area contributed by atoms with Crippen LogP contribution in [0.15, 0.2) is 29.6 Å². The van der Waals surface area contributed by atoms with Gasteiger partial charge in [0, 0.05) is 27.7 Å². The SMILES string of the molecule is Cc1cc(Nc2nc3scc(-c4ccc(Cl)cc4Cl)n3n2)nc(Cl)n1. The number of aryl methyl sites for hydroxylation is 1. The molecule has 3 aromatic heterocycles. The second kappa shape index (κ2) is 6.42. The third kappa shape index (κ3) is 3.28. The van der Waals surface area contributed by atoms with Crippen molar-refractivity contribution in [2.75, 3.05) is 5.32 Å². The Morgan fingerprint density at radius 1 is 1.08 bits per heavy atom. The molecule has 0 atom stereocenters. The third-order valence-corrected chi connectivity index (χ3v) is 4.89. The van der Waals surface area contributed by atoms with E-state index in [1.54, 1.807) is 22.7 Å². The van der Waals surface area contributed by atoms with Gasteiger partial charge in [0.2, 0.25) is 16.2 Å². The molecule has 0 amide bonds. The zero-order valence-electron chi connectivity index (χ0n) is 12.7. The average molecular weight is 412 g/mol. The first-order valence-corrected chi connectivity index (χ1v) is 9.09. The van der Waals surface area contributed by atoms with E-state index in [-0.39, 0.29) is 5.28 Å². The second-order valence-corrected chi connectivity index (χ2v) is 7.18. The van der Waals surface area contributed by atoms with E-state index in [4.69, 9.17) is 34.8 Å². The van der Waals surface area contributed by atoms with Crippen LogP contribution in [0.25, 0.3) is 16.2 Å². The molecule has 0 saturated heterocycles. The minimum Gasteiger partial charge on any atom is -0.307 e. The van der Waals surface area contributed by atoms with Crippen LogP contribution in [0, 0.1) is 6.92 Å². The molecule has 25 heavy (non-hydrogen) atoms. The molecule has 126 valence electrons. The Morgan fingerprint density at radius 3 is 2.68 bits per heavy atom. The number of anilines is 2. The average Bonchev–Trinajstić information content (AvgIpc) is 3.06. The highest BCUT2D eigenvalue weighted by Crippen LogP contribution is 2.33. The molecule has 6 nitrogen and oxygen atoms in total. The van der Waals surface area contributed by atoms with Crippen molar-refractivity contribution in [2.45, 2.75) is 6.92 Å². The van der Waals surface area contributed by atoms with Crippen LogP contribution in [-0.2, 0) is 0 Å². The number of benzene rings is 1. The van der Waals surface area contributed by atoms with E-state index in [0.29, 0.717) is 21.8 Å². The summed E-state index contributed by atoms with van der Waals surface area (Å²) in [4.78, 5) is 13.3. The molecule has 0 radical (unpaired) electrons. The first-order valence-electron chi connectivity index (χ1n) is 7.07. The molecule has 0 saturated carbocycles. The van der Waals surface area contributed by atoms with Gasteiger partial charge < -0.3 is 5.32 Å². The minimum atomic E-state index is 0.164.